The lowest BCUT2D eigenvalue weighted by Gasteiger charge is -2.16. The predicted molar refractivity (Wildman–Crippen MR) is 122 cm³/mol. The molecule has 0 bridgehead atoms. The van der Waals surface area contributed by atoms with E-state index in [-0.39, 0.29) is 23.4 Å². The van der Waals surface area contributed by atoms with Gasteiger partial charge in [-0.3, -0.25) is 9.78 Å². The van der Waals surface area contributed by atoms with Crippen molar-refractivity contribution in [3.05, 3.63) is 76.9 Å². The number of amides is 1. The number of hydrogen-bond acceptors (Lipinski definition) is 4. The van der Waals surface area contributed by atoms with E-state index in [1.54, 1.807) is 18.3 Å². The summed E-state index contributed by atoms with van der Waals surface area (Å²) in [5, 5.41) is 7.60. The van der Waals surface area contributed by atoms with Gasteiger partial charge in [0.2, 0.25) is 5.91 Å². The van der Waals surface area contributed by atoms with E-state index in [2.05, 4.69) is 15.2 Å². The fourth-order valence-electron chi connectivity index (χ4n) is 4.78. The lowest BCUT2D eigenvalue weighted by atomic mass is 10.0. The van der Waals surface area contributed by atoms with Crippen LogP contribution in [0.2, 0.25) is 0 Å². The van der Waals surface area contributed by atoms with Gasteiger partial charge in [-0.1, -0.05) is 24.3 Å². The van der Waals surface area contributed by atoms with E-state index in [1.165, 1.54) is 10.6 Å². The molecule has 2 fully saturated rings. The molecule has 2 aromatic heterocycles. The van der Waals surface area contributed by atoms with E-state index in [0.29, 0.717) is 30.9 Å². The van der Waals surface area contributed by atoms with Crippen LogP contribution in [-0.2, 0) is 4.79 Å². The van der Waals surface area contributed by atoms with Crippen LogP contribution in [-0.4, -0.2) is 43.6 Å². The molecule has 1 saturated carbocycles. The molecule has 2 aromatic carbocycles. The normalized spacial score (nSPS) is 18.2. The van der Waals surface area contributed by atoms with E-state index < -0.39 is 11.5 Å². The summed E-state index contributed by atoms with van der Waals surface area (Å²) in [6.45, 7) is 1.14. The number of likely N-dealkylation sites (tertiary alicyclic amines) is 1. The summed E-state index contributed by atoms with van der Waals surface area (Å²) in [7, 11) is 0. The van der Waals surface area contributed by atoms with Crippen LogP contribution in [0.5, 0.6) is 0 Å². The molecule has 7 nitrogen and oxygen atoms in total. The molecule has 2 aliphatic rings. The SMILES string of the molecule is O=C(C1CC1)N1CCC(c2n[nH]c(=O)n2-c2ccc(-c3ccnc4ccccc34)cc2F)C1. The summed E-state index contributed by atoms with van der Waals surface area (Å²) in [6, 6.07) is 14.4. The van der Waals surface area contributed by atoms with E-state index in [0.717, 1.165) is 29.3 Å². The summed E-state index contributed by atoms with van der Waals surface area (Å²) in [4.78, 5) is 31.2. The number of nitrogens with one attached hydrogen (secondary N) is 1. The van der Waals surface area contributed by atoms with Crippen molar-refractivity contribution in [3.63, 3.8) is 0 Å². The number of aromatic amines is 1. The van der Waals surface area contributed by atoms with Gasteiger partial charge in [-0.2, -0.15) is 5.10 Å². The van der Waals surface area contributed by atoms with Crippen LogP contribution in [0.3, 0.4) is 0 Å². The standard InChI is InChI=1S/C25H22FN5O2/c26-20-13-16(18-9-11-27-21-4-2-1-3-19(18)21)7-8-22(20)31-23(28-29-25(31)33)17-10-12-30(14-17)24(32)15-5-6-15/h1-4,7-9,11,13,15,17H,5-6,10,12,14H2,(H,29,33). The monoisotopic (exact) mass is 443 g/mol. The Morgan fingerprint density at radius 1 is 1.09 bits per heavy atom. The number of pyridine rings is 1. The minimum Gasteiger partial charge on any atom is -0.342 e. The molecule has 0 spiro atoms. The topological polar surface area (TPSA) is 83.9 Å². The number of para-hydroxylation sites is 1. The number of H-pyrrole nitrogens is 1. The van der Waals surface area contributed by atoms with Crippen molar-refractivity contribution in [2.75, 3.05) is 13.1 Å². The smallest absolute Gasteiger partial charge is 0.342 e. The van der Waals surface area contributed by atoms with E-state index in [9.17, 15) is 9.59 Å². The number of nitrogens with zero attached hydrogens (tertiary/aromatic N) is 4. The largest absolute Gasteiger partial charge is 0.348 e. The van der Waals surface area contributed by atoms with Gasteiger partial charge in [0.1, 0.15) is 11.6 Å². The zero-order chi connectivity index (χ0) is 22.5. The molecule has 4 aromatic rings. The molecule has 0 radical (unpaired) electrons. The number of rotatable bonds is 4. The van der Waals surface area contributed by atoms with Crippen molar-refractivity contribution in [1.82, 2.24) is 24.6 Å². The minimum absolute atomic E-state index is 0.116. The Kier molecular flexibility index (Phi) is 4.60. The number of carbonyl (C=O) groups excluding carboxylic acids is 1. The Hall–Kier alpha value is -3.81. The van der Waals surface area contributed by atoms with E-state index in [4.69, 9.17) is 0 Å². The van der Waals surface area contributed by atoms with Gasteiger partial charge in [-0.15, -0.1) is 0 Å². The number of benzene rings is 2. The first-order chi connectivity index (χ1) is 16.1. The summed E-state index contributed by atoms with van der Waals surface area (Å²) < 4.78 is 16.7. The van der Waals surface area contributed by atoms with Gasteiger partial charge in [-0.25, -0.2) is 18.9 Å². The molecule has 33 heavy (non-hydrogen) atoms. The minimum atomic E-state index is -0.512. The van der Waals surface area contributed by atoms with Gasteiger partial charge in [0.05, 0.1) is 11.2 Å². The summed E-state index contributed by atoms with van der Waals surface area (Å²) in [5.74, 6) is 0.172. The quantitative estimate of drug-likeness (QED) is 0.522. The van der Waals surface area contributed by atoms with Crippen molar-refractivity contribution >= 4 is 16.8 Å². The Bertz CT molecular complexity index is 1430. The van der Waals surface area contributed by atoms with Crippen LogP contribution in [0.25, 0.3) is 27.7 Å². The number of carbonyl (C=O) groups is 1. The molecule has 3 heterocycles. The summed E-state index contributed by atoms with van der Waals surface area (Å²) in [5.41, 5.74) is 2.07. The maximum atomic E-state index is 15.4. The Balaban J connectivity index is 1.35. The van der Waals surface area contributed by atoms with Crippen LogP contribution in [0.1, 0.15) is 31.0 Å². The highest BCUT2D eigenvalue weighted by Gasteiger charge is 2.38. The maximum absolute atomic E-state index is 15.4. The number of fused-ring (bicyclic) bond motifs is 1. The molecule has 6 rings (SSSR count). The second-order valence-electron chi connectivity index (χ2n) is 8.81. The van der Waals surface area contributed by atoms with Crippen molar-refractivity contribution in [3.8, 4) is 16.8 Å². The molecular weight excluding hydrogens is 421 g/mol. The predicted octanol–water partition coefficient (Wildman–Crippen LogP) is 3.64. The van der Waals surface area contributed by atoms with Gasteiger partial charge >= 0.3 is 5.69 Å². The third kappa shape index (κ3) is 3.42. The molecule has 1 N–H and O–H groups in total. The van der Waals surface area contributed by atoms with Crippen LogP contribution in [0.4, 0.5) is 4.39 Å². The van der Waals surface area contributed by atoms with Crippen LogP contribution in [0.15, 0.2) is 59.5 Å². The van der Waals surface area contributed by atoms with Crippen molar-refractivity contribution in [2.45, 2.75) is 25.2 Å². The van der Waals surface area contributed by atoms with E-state index >= 15 is 4.39 Å². The van der Waals surface area contributed by atoms with Gasteiger partial charge in [0, 0.05) is 36.5 Å². The highest BCUT2D eigenvalue weighted by atomic mass is 19.1. The third-order valence-electron chi connectivity index (χ3n) is 6.64. The first kappa shape index (κ1) is 19.8. The second-order valence-corrected chi connectivity index (χ2v) is 8.81. The average molecular weight is 443 g/mol. The lowest BCUT2D eigenvalue weighted by molar-refractivity contribution is -0.131. The maximum Gasteiger partial charge on any atom is 0.348 e. The first-order valence-corrected chi connectivity index (χ1v) is 11.2. The molecule has 1 atom stereocenters. The average Bonchev–Trinajstić information content (AvgIpc) is 3.45. The van der Waals surface area contributed by atoms with Crippen LogP contribution < -0.4 is 5.69 Å². The van der Waals surface area contributed by atoms with E-state index in [1.807, 2.05) is 35.2 Å². The third-order valence-corrected chi connectivity index (χ3v) is 6.64. The number of aromatic nitrogens is 4. The Morgan fingerprint density at radius 2 is 1.94 bits per heavy atom. The highest BCUT2D eigenvalue weighted by Crippen LogP contribution is 2.35. The van der Waals surface area contributed by atoms with Crippen molar-refractivity contribution in [1.29, 1.82) is 0 Å². The number of halogens is 1. The molecule has 166 valence electrons. The molecular formula is C25H22FN5O2. The van der Waals surface area contributed by atoms with Crippen molar-refractivity contribution < 1.29 is 9.18 Å². The second kappa shape index (κ2) is 7.65. The zero-order valence-corrected chi connectivity index (χ0v) is 17.9. The molecule has 1 aliphatic carbocycles. The van der Waals surface area contributed by atoms with Crippen molar-refractivity contribution in [2.24, 2.45) is 5.92 Å². The highest BCUT2D eigenvalue weighted by molar-refractivity contribution is 5.94. The summed E-state index contributed by atoms with van der Waals surface area (Å²) in [6.07, 6.45) is 4.32. The van der Waals surface area contributed by atoms with Gasteiger partial charge in [-0.05, 0) is 54.7 Å². The summed E-state index contributed by atoms with van der Waals surface area (Å²) >= 11 is 0. The van der Waals surface area contributed by atoms with Gasteiger partial charge < -0.3 is 4.90 Å². The fraction of sp³-hybridized carbons (Fsp3) is 0.280. The van der Waals surface area contributed by atoms with Crippen LogP contribution in [0, 0.1) is 11.7 Å². The molecule has 1 amide bonds. The first-order valence-electron chi connectivity index (χ1n) is 11.2. The zero-order valence-electron chi connectivity index (χ0n) is 17.9. The fourth-order valence-corrected chi connectivity index (χ4v) is 4.78. The lowest BCUT2D eigenvalue weighted by Crippen LogP contribution is -2.30. The van der Waals surface area contributed by atoms with Gasteiger partial charge in [0.15, 0.2) is 0 Å². The molecule has 1 saturated heterocycles. The Morgan fingerprint density at radius 3 is 2.76 bits per heavy atom. The number of hydrogen-bond donors (Lipinski definition) is 1. The van der Waals surface area contributed by atoms with Gasteiger partial charge in [0.25, 0.3) is 0 Å². The molecule has 1 aliphatic heterocycles. The molecule has 8 heteroatoms. The van der Waals surface area contributed by atoms with Crippen LogP contribution >= 0.6 is 0 Å². The Labute approximate surface area is 188 Å². The molecule has 1 unspecified atom stereocenters.